The van der Waals surface area contributed by atoms with Gasteiger partial charge in [0.15, 0.2) is 0 Å². The van der Waals surface area contributed by atoms with Gasteiger partial charge in [-0.15, -0.1) is 5.10 Å². The number of hydrogen-bond donors (Lipinski definition) is 1. The Morgan fingerprint density at radius 3 is 2.95 bits per heavy atom. The Bertz CT molecular complexity index is 541. The van der Waals surface area contributed by atoms with Crippen LogP contribution < -0.4 is 0 Å². The minimum Gasteiger partial charge on any atom is -0.481 e. The molecule has 0 saturated carbocycles. The number of carbonyl (C=O) groups is 1. The summed E-state index contributed by atoms with van der Waals surface area (Å²) in [4.78, 5) is 18.9. The molecule has 0 saturated heterocycles. The van der Waals surface area contributed by atoms with Crippen LogP contribution >= 0.6 is 0 Å². The van der Waals surface area contributed by atoms with Crippen molar-refractivity contribution in [2.24, 2.45) is 5.92 Å². The smallest absolute Gasteiger partial charge is 0.303 e. The number of tetrazole rings is 1. The average Bonchev–Trinajstić information content (AvgIpc) is 2.86. The van der Waals surface area contributed by atoms with Gasteiger partial charge in [0.05, 0.1) is 6.20 Å². The van der Waals surface area contributed by atoms with E-state index in [2.05, 4.69) is 25.5 Å². The largest absolute Gasteiger partial charge is 0.481 e. The summed E-state index contributed by atoms with van der Waals surface area (Å²) in [6.45, 7) is 2.39. The van der Waals surface area contributed by atoms with Gasteiger partial charge in [-0.1, -0.05) is 13.3 Å². The molecule has 8 heteroatoms. The zero-order valence-electron chi connectivity index (χ0n) is 10.5. The lowest BCUT2D eigenvalue weighted by atomic mass is 10.0. The highest BCUT2D eigenvalue weighted by Crippen LogP contribution is 2.16. The molecule has 0 amide bonds. The Balaban J connectivity index is 2.18. The van der Waals surface area contributed by atoms with Crippen molar-refractivity contribution in [3.63, 3.8) is 0 Å². The van der Waals surface area contributed by atoms with Crippen molar-refractivity contribution in [2.45, 2.75) is 26.3 Å². The van der Waals surface area contributed by atoms with E-state index in [1.807, 2.05) is 6.92 Å². The molecule has 1 atom stereocenters. The topological polar surface area (TPSA) is 107 Å². The molecule has 0 radical (unpaired) electrons. The van der Waals surface area contributed by atoms with Gasteiger partial charge in [-0.25, -0.2) is 9.67 Å². The fraction of sp³-hybridized carbons (Fsp3) is 0.455. The first-order valence-electron chi connectivity index (χ1n) is 5.95. The molecular formula is C11H14N6O2. The molecule has 0 bridgehead atoms. The second-order valence-corrected chi connectivity index (χ2v) is 4.15. The van der Waals surface area contributed by atoms with E-state index in [9.17, 15) is 4.79 Å². The Morgan fingerprint density at radius 1 is 1.47 bits per heavy atom. The maximum absolute atomic E-state index is 10.8. The van der Waals surface area contributed by atoms with Gasteiger partial charge in [0, 0.05) is 25.4 Å². The van der Waals surface area contributed by atoms with Crippen LogP contribution in [0, 0.1) is 5.92 Å². The molecule has 100 valence electrons. The average molecular weight is 262 g/mol. The van der Waals surface area contributed by atoms with Gasteiger partial charge in [-0.2, -0.15) is 0 Å². The number of rotatable bonds is 6. The molecule has 0 spiro atoms. The molecule has 0 aliphatic rings. The normalized spacial score (nSPS) is 12.3. The zero-order chi connectivity index (χ0) is 13.7. The molecule has 2 heterocycles. The highest BCUT2D eigenvalue weighted by atomic mass is 16.4. The zero-order valence-corrected chi connectivity index (χ0v) is 10.5. The maximum atomic E-state index is 10.8. The molecule has 2 aromatic heterocycles. The fourth-order valence-electron chi connectivity index (χ4n) is 1.76. The number of nitrogens with zero attached hydrogens (tertiary/aromatic N) is 6. The lowest BCUT2D eigenvalue weighted by Gasteiger charge is -2.12. The highest BCUT2D eigenvalue weighted by molar-refractivity contribution is 5.67. The molecule has 1 N–H and O–H groups in total. The SMILES string of the molecule is CCC(CC(=O)O)Cn1nnnc1-c1cnccn1. The van der Waals surface area contributed by atoms with Gasteiger partial charge in [0.25, 0.3) is 0 Å². The van der Waals surface area contributed by atoms with E-state index >= 15 is 0 Å². The van der Waals surface area contributed by atoms with Crippen LogP contribution in [0.25, 0.3) is 11.5 Å². The summed E-state index contributed by atoms with van der Waals surface area (Å²) in [7, 11) is 0. The van der Waals surface area contributed by atoms with Crippen LogP contribution in [0.15, 0.2) is 18.6 Å². The van der Waals surface area contributed by atoms with Crippen LogP contribution in [0.5, 0.6) is 0 Å². The van der Waals surface area contributed by atoms with Crippen LogP contribution in [0.3, 0.4) is 0 Å². The van der Waals surface area contributed by atoms with Crippen LogP contribution in [-0.4, -0.2) is 41.3 Å². The molecule has 0 fully saturated rings. The van der Waals surface area contributed by atoms with Crippen molar-refractivity contribution in [3.05, 3.63) is 18.6 Å². The van der Waals surface area contributed by atoms with Crippen LogP contribution in [0.4, 0.5) is 0 Å². The van der Waals surface area contributed by atoms with Gasteiger partial charge in [0.1, 0.15) is 5.69 Å². The third kappa shape index (κ3) is 3.30. The summed E-state index contributed by atoms with van der Waals surface area (Å²) in [6.07, 6.45) is 5.53. The van der Waals surface area contributed by atoms with Gasteiger partial charge in [0.2, 0.25) is 5.82 Å². The van der Waals surface area contributed by atoms with Gasteiger partial charge in [-0.3, -0.25) is 9.78 Å². The van der Waals surface area contributed by atoms with Crippen molar-refractivity contribution in [3.8, 4) is 11.5 Å². The molecule has 0 aromatic carbocycles. The molecular weight excluding hydrogens is 248 g/mol. The predicted molar refractivity (Wildman–Crippen MR) is 64.9 cm³/mol. The number of aromatic nitrogens is 6. The second-order valence-electron chi connectivity index (χ2n) is 4.15. The summed E-state index contributed by atoms with van der Waals surface area (Å²) in [5, 5.41) is 20.2. The molecule has 2 rings (SSSR count). The van der Waals surface area contributed by atoms with Crippen molar-refractivity contribution in [1.82, 2.24) is 30.2 Å². The monoisotopic (exact) mass is 262 g/mol. The van der Waals surface area contributed by atoms with Crippen LogP contribution in [0.2, 0.25) is 0 Å². The minimum absolute atomic E-state index is 0.0172. The van der Waals surface area contributed by atoms with Gasteiger partial charge >= 0.3 is 5.97 Å². The third-order valence-electron chi connectivity index (χ3n) is 2.80. The molecule has 19 heavy (non-hydrogen) atoms. The van der Waals surface area contributed by atoms with E-state index in [-0.39, 0.29) is 12.3 Å². The van der Waals surface area contributed by atoms with Crippen LogP contribution in [0.1, 0.15) is 19.8 Å². The molecule has 0 aliphatic carbocycles. The maximum Gasteiger partial charge on any atom is 0.303 e. The lowest BCUT2D eigenvalue weighted by molar-refractivity contribution is -0.138. The summed E-state index contributed by atoms with van der Waals surface area (Å²) < 4.78 is 1.57. The van der Waals surface area contributed by atoms with E-state index in [1.54, 1.807) is 23.3 Å². The van der Waals surface area contributed by atoms with Crippen LogP contribution in [-0.2, 0) is 11.3 Å². The first kappa shape index (κ1) is 13.1. The van der Waals surface area contributed by atoms with Crippen molar-refractivity contribution in [2.75, 3.05) is 0 Å². The molecule has 0 aliphatic heterocycles. The third-order valence-corrected chi connectivity index (χ3v) is 2.80. The predicted octanol–water partition coefficient (Wildman–Crippen LogP) is 0.631. The summed E-state index contributed by atoms with van der Waals surface area (Å²) in [5.41, 5.74) is 0.567. The number of carboxylic acid groups (broad SMARTS) is 1. The quantitative estimate of drug-likeness (QED) is 0.813. The first-order valence-corrected chi connectivity index (χ1v) is 5.95. The van der Waals surface area contributed by atoms with E-state index < -0.39 is 5.97 Å². The molecule has 1 unspecified atom stereocenters. The Labute approximate surface area is 109 Å². The van der Waals surface area contributed by atoms with E-state index in [4.69, 9.17) is 5.11 Å². The standard InChI is InChI=1S/C11H14N6O2/c1-2-8(5-10(18)19)7-17-11(14-15-16-17)9-6-12-3-4-13-9/h3-4,6,8H,2,5,7H2,1H3,(H,18,19). The molecule has 8 nitrogen and oxygen atoms in total. The van der Waals surface area contributed by atoms with Crippen molar-refractivity contribution < 1.29 is 9.90 Å². The first-order chi connectivity index (χ1) is 9.20. The number of aliphatic carboxylic acids is 1. The van der Waals surface area contributed by atoms with E-state index in [1.165, 1.54) is 0 Å². The lowest BCUT2D eigenvalue weighted by Crippen LogP contribution is -2.16. The Kier molecular flexibility index (Phi) is 4.11. The van der Waals surface area contributed by atoms with Crippen molar-refractivity contribution in [1.29, 1.82) is 0 Å². The molecule has 2 aromatic rings. The van der Waals surface area contributed by atoms with Gasteiger partial charge < -0.3 is 5.11 Å². The number of hydrogen-bond acceptors (Lipinski definition) is 6. The second kappa shape index (κ2) is 5.98. The Morgan fingerprint density at radius 2 is 2.32 bits per heavy atom. The van der Waals surface area contributed by atoms with E-state index in [0.29, 0.717) is 18.1 Å². The highest BCUT2D eigenvalue weighted by Gasteiger charge is 2.17. The minimum atomic E-state index is -0.819. The summed E-state index contributed by atoms with van der Waals surface area (Å²) in [5.74, 6) is -0.339. The van der Waals surface area contributed by atoms with E-state index in [0.717, 1.165) is 6.42 Å². The fourth-order valence-corrected chi connectivity index (χ4v) is 1.76. The Hall–Kier alpha value is -2.38. The van der Waals surface area contributed by atoms with Crippen molar-refractivity contribution >= 4 is 5.97 Å². The summed E-state index contributed by atoms with van der Waals surface area (Å²) >= 11 is 0. The summed E-state index contributed by atoms with van der Waals surface area (Å²) in [6, 6.07) is 0. The number of carboxylic acids is 1. The van der Waals surface area contributed by atoms with Gasteiger partial charge in [-0.05, 0) is 16.3 Å².